The molecular formula is C15H20F2N2S. The van der Waals surface area contributed by atoms with Crippen LogP contribution < -0.4 is 10.6 Å². The number of rotatable bonds is 4. The van der Waals surface area contributed by atoms with Crippen LogP contribution in [0.1, 0.15) is 37.7 Å². The van der Waals surface area contributed by atoms with Crippen LogP contribution >= 0.6 is 12.2 Å². The fraction of sp³-hybridized carbons (Fsp3) is 0.533. The van der Waals surface area contributed by atoms with Crippen LogP contribution in [0.5, 0.6) is 0 Å². The first-order chi connectivity index (χ1) is 9.50. The first-order valence-electron chi connectivity index (χ1n) is 6.99. The SMILES string of the molecule is CN(CC1CCCCC1)c1ccc(C(N)=S)c(F)c1F. The van der Waals surface area contributed by atoms with Crippen molar-refractivity contribution in [2.45, 2.75) is 32.1 Å². The van der Waals surface area contributed by atoms with Crippen LogP contribution in [-0.2, 0) is 0 Å². The number of hydrogen-bond acceptors (Lipinski definition) is 2. The molecule has 1 aromatic rings. The van der Waals surface area contributed by atoms with Gasteiger partial charge in [-0.2, -0.15) is 0 Å². The molecule has 2 nitrogen and oxygen atoms in total. The van der Waals surface area contributed by atoms with Crippen LogP contribution in [0.2, 0.25) is 0 Å². The van der Waals surface area contributed by atoms with E-state index in [0.717, 1.165) is 6.54 Å². The van der Waals surface area contributed by atoms with Crippen LogP contribution in [0, 0.1) is 17.6 Å². The molecule has 1 fully saturated rings. The van der Waals surface area contributed by atoms with Crippen molar-refractivity contribution < 1.29 is 8.78 Å². The van der Waals surface area contributed by atoms with Crippen LogP contribution in [0.25, 0.3) is 0 Å². The molecule has 0 bridgehead atoms. The van der Waals surface area contributed by atoms with Crippen molar-refractivity contribution in [3.05, 3.63) is 29.3 Å². The minimum atomic E-state index is -0.953. The van der Waals surface area contributed by atoms with Crippen molar-refractivity contribution in [1.29, 1.82) is 0 Å². The van der Waals surface area contributed by atoms with Crippen molar-refractivity contribution in [2.24, 2.45) is 11.7 Å². The van der Waals surface area contributed by atoms with E-state index in [-0.39, 0.29) is 16.2 Å². The molecule has 0 radical (unpaired) electrons. The van der Waals surface area contributed by atoms with Gasteiger partial charge in [0.05, 0.1) is 5.69 Å². The van der Waals surface area contributed by atoms with Gasteiger partial charge in [0.25, 0.3) is 0 Å². The van der Waals surface area contributed by atoms with Gasteiger partial charge in [-0.05, 0) is 30.9 Å². The van der Waals surface area contributed by atoms with Gasteiger partial charge in [-0.25, -0.2) is 8.78 Å². The Hall–Kier alpha value is -1.23. The summed E-state index contributed by atoms with van der Waals surface area (Å²) in [6.07, 6.45) is 6.08. The number of anilines is 1. The molecule has 0 heterocycles. The quantitative estimate of drug-likeness (QED) is 0.861. The summed E-state index contributed by atoms with van der Waals surface area (Å²) >= 11 is 4.71. The fourth-order valence-corrected chi connectivity index (χ4v) is 3.04. The highest BCUT2D eigenvalue weighted by Crippen LogP contribution is 2.28. The summed E-state index contributed by atoms with van der Waals surface area (Å²) in [4.78, 5) is 1.67. The minimum Gasteiger partial charge on any atom is -0.389 e. The molecule has 110 valence electrons. The standard InChI is InChI=1S/C15H20F2N2S/c1-19(9-10-5-3-2-4-6-10)12-8-7-11(15(18)20)13(16)14(12)17/h7-8,10H,2-6,9H2,1H3,(H2,18,20). The molecule has 0 saturated heterocycles. The second-order valence-corrected chi connectivity index (χ2v) is 5.95. The lowest BCUT2D eigenvalue weighted by Gasteiger charge is -2.28. The highest BCUT2D eigenvalue weighted by molar-refractivity contribution is 7.80. The largest absolute Gasteiger partial charge is 0.389 e. The van der Waals surface area contributed by atoms with Crippen molar-refractivity contribution >= 4 is 22.9 Å². The highest BCUT2D eigenvalue weighted by Gasteiger charge is 2.20. The van der Waals surface area contributed by atoms with Crippen molar-refractivity contribution in [3.8, 4) is 0 Å². The van der Waals surface area contributed by atoms with E-state index >= 15 is 0 Å². The van der Waals surface area contributed by atoms with E-state index in [0.29, 0.717) is 5.92 Å². The molecular weight excluding hydrogens is 278 g/mol. The van der Waals surface area contributed by atoms with Crippen LogP contribution in [-0.4, -0.2) is 18.6 Å². The van der Waals surface area contributed by atoms with Crippen molar-refractivity contribution in [2.75, 3.05) is 18.5 Å². The molecule has 2 rings (SSSR count). The lowest BCUT2D eigenvalue weighted by atomic mass is 9.89. The maximum atomic E-state index is 14.1. The Morgan fingerprint density at radius 2 is 1.90 bits per heavy atom. The summed E-state index contributed by atoms with van der Waals surface area (Å²) in [5.41, 5.74) is 5.61. The summed E-state index contributed by atoms with van der Waals surface area (Å²) in [5, 5.41) is 0. The number of hydrogen-bond donors (Lipinski definition) is 1. The van der Waals surface area contributed by atoms with E-state index in [1.54, 1.807) is 18.0 Å². The van der Waals surface area contributed by atoms with Gasteiger partial charge in [-0.3, -0.25) is 0 Å². The molecule has 2 N–H and O–H groups in total. The predicted octanol–water partition coefficient (Wildman–Crippen LogP) is 3.62. The van der Waals surface area contributed by atoms with Gasteiger partial charge < -0.3 is 10.6 Å². The zero-order valence-corrected chi connectivity index (χ0v) is 12.5. The monoisotopic (exact) mass is 298 g/mol. The Bertz CT molecular complexity index is 499. The van der Waals surface area contributed by atoms with Gasteiger partial charge >= 0.3 is 0 Å². The molecule has 0 aromatic heterocycles. The van der Waals surface area contributed by atoms with E-state index in [4.69, 9.17) is 18.0 Å². The smallest absolute Gasteiger partial charge is 0.182 e. The second-order valence-electron chi connectivity index (χ2n) is 5.51. The van der Waals surface area contributed by atoms with Crippen LogP contribution in [0.15, 0.2) is 12.1 Å². The first-order valence-corrected chi connectivity index (χ1v) is 7.40. The van der Waals surface area contributed by atoms with E-state index in [1.165, 1.54) is 38.2 Å². The average molecular weight is 298 g/mol. The van der Waals surface area contributed by atoms with Crippen LogP contribution in [0.4, 0.5) is 14.5 Å². The average Bonchev–Trinajstić information content (AvgIpc) is 2.42. The van der Waals surface area contributed by atoms with Crippen LogP contribution in [0.3, 0.4) is 0 Å². The summed E-state index contributed by atoms with van der Waals surface area (Å²) in [6, 6.07) is 3.00. The summed E-state index contributed by atoms with van der Waals surface area (Å²) in [6.45, 7) is 0.753. The molecule has 1 saturated carbocycles. The lowest BCUT2D eigenvalue weighted by molar-refractivity contribution is 0.361. The van der Waals surface area contributed by atoms with E-state index < -0.39 is 11.6 Å². The lowest BCUT2D eigenvalue weighted by Crippen LogP contribution is -2.28. The van der Waals surface area contributed by atoms with Gasteiger partial charge in [0, 0.05) is 19.2 Å². The first kappa shape index (κ1) is 15.2. The second kappa shape index (κ2) is 6.48. The number of nitrogens with two attached hydrogens (primary N) is 1. The van der Waals surface area contributed by atoms with E-state index in [1.807, 2.05) is 0 Å². The Morgan fingerprint density at radius 3 is 2.50 bits per heavy atom. The highest BCUT2D eigenvalue weighted by atomic mass is 32.1. The minimum absolute atomic E-state index is 0.0349. The Kier molecular flexibility index (Phi) is 4.91. The Balaban J connectivity index is 2.15. The van der Waals surface area contributed by atoms with E-state index in [9.17, 15) is 8.78 Å². The maximum Gasteiger partial charge on any atom is 0.182 e. The molecule has 0 spiro atoms. The molecule has 0 amide bonds. The summed E-state index contributed by atoms with van der Waals surface area (Å²) < 4.78 is 28.0. The molecule has 1 aliphatic carbocycles. The van der Waals surface area contributed by atoms with Gasteiger partial charge in [-0.1, -0.05) is 31.5 Å². The van der Waals surface area contributed by atoms with Gasteiger partial charge in [0.2, 0.25) is 0 Å². The van der Waals surface area contributed by atoms with Gasteiger partial charge in [0.15, 0.2) is 11.6 Å². The molecule has 0 atom stereocenters. The third-order valence-corrected chi connectivity index (χ3v) is 4.22. The molecule has 1 aromatic carbocycles. The molecule has 20 heavy (non-hydrogen) atoms. The van der Waals surface area contributed by atoms with E-state index in [2.05, 4.69) is 0 Å². The third kappa shape index (κ3) is 3.26. The molecule has 5 heteroatoms. The van der Waals surface area contributed by atoms with Crippen molar-refractivity contribution in [3.63, 3.8) is 0 Å². The molecule has 0 unspecified atom stereocenters. The van der Waals surface area contributed by atoms with Gasteiger partial charge in [0.1, 0.15) is 4.99 Å². The zero-order chi connectivity index (χ0) is 14.7. The third-order valence-electron chi connectivity index (χ3n) is 4.00. The fourth-order valence-electron chi connectivity index (χ4n) is 2.88. The molecule has 1 aliphatic rings. The summed E-state index contributed by atoms with van der Waals surface area (Å²) in [5.74, 6) is -1.26. The van der Waals surface area contributed by atoms with Gasteiger partial charge in [-0.15, -0.1) is 0 Å². The zero-order valence-electron chi connectivity index (χ0n) is 11.7. The Morgan fingerprint density at radius 1 is 1.25 bits per heavy atom. The van der Waals surface area contributed by atoms with Crippen molar-refractivity contribution in [1.82, 2.24) is 0 Å². The normalized spacial score (nSPS) is 16.1. The number of benzene rings is 1. The Labute approximate surface area is 123 Å². The maximum absolute atomic E-state index is 14.1. The number of thiocarbonyl (C=S) groups is 1. The predicted molar refractivity (Wildman–Crippen MR) is 82.1 cm³/mol. The summed E-state index contributed by atoms with van der Waals surface area (Å²) in [7, 11) is 1.80. The topological polar surface area (TPSA) is 29.3 Å². The number of halogens is 2. The number of nitrogens with zero attached hydrogens (tertiary/aromatic N) is 1. The molecule has 0 aliphatic heterocycles.